The summed E-state index contributed by atoms with van der Waals surface area (Å²) in [6.07, 6.45) is 24.6. The fourth-order valence-corrected chi connectivity index (χ4v) is 29.7. The lowest BCUT2D eigenvalue weighted by molar-refractivity contribution is -0.462. The van der Waals surface area contributed by atoms with Gasteiger partial charge in [0, 0.05) is 187 Å². The molecule has 3 atom stereocenters. The third-order valence-corrected chi connectivity index (χ3v) is 38.7. The van der Waals surface area contributed by atoms with Crippen LogP contribution in [0.25, 0.3) is 33.7 Å². The molecule has 9 aromatic rings. The average molecular weight is 1970 g/mol. The number of allylic oxidation sites excluding steroid dienone is 15. The van der Waals surface area contributed by atoms with Crippen LogP contribution in [-0.2, 0) is 10.8 Å². The number of benzene rings is 9. The minimum absolute atomic E-state index is 0.0102. The molecule has 0 bridgehead atoms. The molecule has 20 nitrogen and oxygen atoms in total. The molecular formula is C118H136N12O8S2Si2+2. The Morgan fingerprint density at radius 3 is 1.42 bits per heavy atom. The summed E-state index contributed by atoms with van der Waals surface area (Å²) in [4.78, 5) is 89.8. The van der Waals surface area contributed by atoms with Crippen molar-refractivity contribution in [2.75, 3.05) is 103 Å². The number of nitro groups is 2. The van der Waals surface area contributed by atoms with Gasteiger partial charge in [-0.25, -0.2) is 9.15 Å². The topological polar surface area (TPSA) is 222 Å². The summed E-state index contributed by atoms with van der Waals surface area (Å²) in [5, 5.41) is 44.2. The molecule has 5 aliphatic heterocycles. The minimum atomic E-state index is -2.12. The standard InChI is InChI=1S/2C58H64N6O4SSi.C2H6/c1-35-28-37(18-22-42(35)52-45-23-20-40(61(7)8)31-50(45)70(12,13)51-32-41(62(9)10)21-24-46(51)52)54(65)59-34-39(33-56(2,3)4)60-55(66)38-19-25-48-47(29-38)57(5,6)58(63(48)11)27-26-36-30-49(64(67)68)43-16-14-15-17-44(43)53(36)69-58;1-35-28-37(18-23-42(35)53-45-24-21-40(61(7)8)31-50(45)70(12,13)51-32-41(62(9)10)22-25-46(51)53)55(65)59-34-39(33-57(2,3)4)60-56(66)38-19-26-48-47(29-38)58(5,6)52(63(48)11)27-20-36-30-49(64(67)68)43-16-14-15-17-44(43)54(36)69;1-2/h2*14-32,39H,33-34H2,1-13H3,(H-,59,60,65,66);1-2H3/p+2. The number of anilines is 4. The smallest absolute Gasteiger partial charge is 0.277 e. The molecule has 0 radical (unpaired) electrons. The Hall–Kier alpha value is -13.3. The van der Waals surface area contributed by atoms with Crippen LogP contribution in [0.2, 0.25) is 26.2 Å². The highest BCUT2D eigenvalue weighted by molar-refractivity contribution is 8.01. The summed E-state index contributed by atoms with van der Waals surface area (Å²) in [6.45, 7) is 39.9. The summed E-state index contributed by atoms with van der Waals surface area (Å²) in [5.74, 6) is -0.809. The van der Waals surface area contributed by atoms with Gasteiger partial charge in [-0.15, -0.1) is 0 Å². The number of nitrogens with one attached hydrogen (secondary N) is 4. The summed E-state index contributed by atoms with van der Waals surface area (Å²) in [5.41, 5.74) is 25.0. The van der Waals surface area contributed by atoms with Gasteiger partial charge in [0.25, 0.3) is 35.0 Å². The van der Waals surface area contributed by atoms with Crippen molar-refractivity contribution in [1.29, 1.82) is 0 Å². The third kappa shape index (κ3) is 19.4. The van der Waals surface area contributed by atoms with Crippen LogP contribution < -0.4 is 51.2 Å². The summed E-state index contributed by atoms with van der Waals surface area (Å²) in [7, 11) is 16.6. The second-order valence-electron chi connectivity index (χ2n) is 43.8. The number of thioether (sulfide) groups is 1. The van der Waals surface area contributed by atoms with Gasteiger partial charge in [-0.2, -0.15) is 0 Å². The highest BCUT2D eigenvalue weighted by Crippen LogP contribution is 2.62. The van der Waals surface area contributed by atoms with Crippen molar-refractivity contribution in [3.8, 4) is 0 Å². The second kappa shape index (κ2) is 39.2. The van der Waals surface area contributed by atoms with Crippen LogP contribution >= 0.6 is 24.0 Å². The van der Waals surface area contributed by atoms with E-state index in [0.717, 1.165) is 66.3 Å². The van der Waals surface area contributed by atoms with Crippen molar-refractivity contribution in [1.82, 2.24) is 21.3 Å². The molecule has 4 N–H and O–H groups in total. The molecule has 17 rings (SSSR count). The van der Waals surface area contributed by atoms with Gasteiger partial charge < -0.3 is 40.9 Å². The quantitative estimate of drug-likeness (QED) is 0.0148. The fourth-order valence-electron chi connectivity index (χ4n) is 21.7. The first-order valence-corrected chi connectivity index (χ1v) is 56.3. The highest BCUT2D eigenvalue weighted by atomic mass is 32.2. The van der Waals surface area contributed by atoms with E-state index in [2.05, 4.69) is 314 Å². The third-order valence-electron chi connectivity index (χ3n) is 29.3. The van der Waals surface area contributed by atoms with E-state index in [0.29, 0.717) is 62.0 Å². The van der Waals surface area contributed by atoms with Crippen LogP contribution in [0.4, 0.5) is 28.4 Å². The van der Waals surface area contributed by atoms with Gasteiger partial charge in [0.2, 0.25) is 0 Å². The number of nitro benzene ring substituents is 1. The Labute approximate surface area is 849 Å². The number of carbonyl (C=O) groups is 4. The molecule has 24 heteroatoms. The number of non-ortho nitro benzene ring substituents is 1. The molecule has 4 amide bonds. The molecule has 142 heavy (non-hydrogen) atoms. The molecule has 5 heterocycles. The first-order valence-electron chi connectivity index (χ1n) is 49.0. The molecule has 1 spiro atoms. The number of thiocarbonyl (C=S) groups is 1. The van der Waals surface area contributed by atoms with E-state index in [1.807, 2.05) is 136 Å². The Morgan fingerprint density at radius 1 is 0.514 bits per heavy atom. The Kier molecular flexibility index (Phi) is 28.5. The van der Waals surface area contributed by atoms with Crippen molar-refractivity contribution in [3.63, 3.8) is 0 Å². The number of carbonyl (C=O) groups excluding carboxylic acids is 4. The monoisotopic (exact) mass is 1970 g/mol. The maximum absolute atomic E-state index is 14.3. The number of likely N-dealkylation sites (N-methyl/N-ethyl adjacent to an activating group) is 2. The zero-order valence-corrected chi connectivity index (χ0v) is 91.2. The van der Waals surface area contributed by atoms with Gasteiger partial charge >= 0.3 is 0 Å². The normalized spacial score (nSPS) is 18.2. The maximum Gasteiger partial charge on any atom is 0.277 e. The molecule has 734 valence electrons. The zero-order valence-electron chi connectivity index (χ0n) is 87.6. The average Bonchev–Trinajstić information content (AvgIpc) is 1.50. The van der Waals surface area contributed by atoms with Crippen molar-refractivity contribution in [2.24, 2.45) is 10.8 Å². The van der Waals surface area contributed by atoms with Crippen molar-refractivity contribution in [2.45, 2.75) is 169 Å². The van der Waals surface area contributed by atoms with Gasteiger partial charge in [0.1, 0.15) is 49.2 Å². The van der Waals surface area contributed by atoms with Crippen LogP contribution in [0.3, 0.4) is 0 Å². The predicted molar refractivity (Wildman–Crippen MR) is 599 cm³/mol. The molecule has 0 saturated heterocycles. The van der Waals surface area contributed by atoms with Crippen molar-refractivity contribution in [3.05, 3.63) is 361 Å². The van der Waals surface area contributed by atoms with E-state index < -0.39 is 31.8 Å². The maximum atomic E-state index is 14.3. The van der Waals surface area contributed by atoms with E-state index in [1.165, 1.54) is 77.0 Å². The van der Waals surface area contributed by atoms with E-state index in [-0.39, 0.29) is 80.9 Å². The molecule has 3 unspecified atom stereocenters. The second-order valence-corrected chi connectivity index (χ2v) is 54.1. The van der Waals surface area contributed by atoms with Crippen LogP contribution in [0.5, 0.6) is 0 Å². The van der Waals surface area contributed by atoms with Crippen molar-refractivity contribution < 1.29 is 38.2 Å². The molecule has 3 aliphatic carbocycles. The van der Waals surface area contributed by atoms with Gasteiger partial charge in [-0.3, -0.25) is 39.4 Å². The highest BCUT2D eigenvalue weighted by Gasteiger charge is 2.57. The zero-order chi connectivity index (χ0) is 103. The summed E-state index contributed by atoms with van der Waals surface area (Å²) in [6, 6.07) is 53.1. The van der Waals surface area contributed by atoms with Gasteiger partial charge in [0.15, 0.2) is 11.4 Å². The number of rotatable bonds is 19. The van der Waals surface area contributed by atoms with E-state index >= 15 is 0 Å². The number of aryl methyl sites for hydroxylation is 2. The fraction of sp³-hybridized carbons (Fsp3) is 0.331. The van der Waals surface area contributed by atoms with Crippen LogP contribution in [0.15, 0.2) is 262 Å². The largest absolute Gasteiger partial charge is 0.378 e. The van der Waals surface area contributed by atoms with E-state index in [4.69, 9.17) is 12.2 Å². The number of hydrogen-bond donors (Lipinski definition) is 4. The number of fused-ring (bicyclic) bond motifs is 10. The Morgan fingerprint density at radius 2 is 0.958 bits per heavy atom. The first kappa shape index (κ1) is 103. The van der Waals surface area contributed by atoms with E-state index in [9.17, 15) is 39.4 Å². The Balaban J connectivity index is 0.000000211. The van der Waals surface area contributed by atoms with Crippen molar-refractivity contribution >= 4 is 153 Å². The van der Waals surface area contributed by atoms with Crippen LogP contribution in [0, 0.1) is 44.9 Å². The minimum Gasteiger partial charge on any atom is -0.378 e. The molecule has 0 saturated carbocycles. The number of amides is 4. The SMILES string of the molecule is CC.Cc1cc(C(=O)NCC(CC(C)(C)C)NC(=O)c2ccc3c(c2)C(C)(C)C(=CC=C2C=C([N+](=O)[O-])c4ccccc4C2=S)N3C)ccc1C1=C2C=CC(=[N+](C)C)C=C2[Si](C)(C)c2cc(N(C)C)ccc21.Cc1cc(C(=O)NCC(CC(C)(C)C)NC(=O)c2ccc3c(c2)C(C)(C)C2(C=Cc4cc([N+](=O)[O-])c5ccccc5c4S2)N3C)ccc1C1=C2C=CC(=[N+](C)C)C=C2[Si](C)(C)c2cc(N(C)C)ccc21. The molecular weight excluding hydrogens is 1830 g/mol. The lowest BCUT2D eigenvalue weighted by Crippen LogP contribution is -2.50. The van der Waals surface area contributed by atoms with Crippen LogP contribution in [0.1, 0.15) is 199 Å². The summed E-state index contributed by atoms with van der Waals surface area (Å²) < 4.78 is 4.34. The van der Waals surface area contributed by atoms with Gasteiger partial charge in [0.05, 0.1) is 25.7 Å². The summed E-state index contributed by atoms with van der Waals surface area (Å²) >= 11 is 7.52. The molecule has 9 aromatic carbocycles. The van der Waals surface area contributed by atoms with Gasteiger partial charge in [-0.1, -0.05) is 206 Å². The Bertz CT molecular complexity index is 7240. The lowest BCUT2D eigenvalue weighted by Gasteiger charge is -2.45. The predicted octanol–water partition coefficient (Wildman–Crippen LogP) is 21.9. The number of hydrogen-bond acceptors (Lipinski definition) is 14. The van der Waals surface area contributed by atoms with E-state index in [1.54, 1.807) is 36.0 Å². The number of nitrogens with zero attached hydrogens (tertiary/aromatic N) is 8. The van der Waals surface area contributed by atoms with Crippen LogP contribution in [-0.4, -0.2) is 176 Å². The molecule has 8 aliphatic rings. The first-order chi connectivity index (χ1) is 66.8. The lowest BCUT2D eigenvalue weighted by atomic mass is 9.78. The molecule has 0 aromatic heterocycles. The van der Waals surface area contributed by atoms with Gasteiger partial charge in [-0.05, 0) is 252 Å². The molecule has 0 fully saturated rings.